The van der Waals surface area contributed by atoms with Gasteiger partial charge in [-0.15, -0.1) is 0 Å². The summed E-state index contributed by atoms with van der Waals surface area (Å²) in [5.74, 6) is 0.675. The zero-order valence-electron chi connectivity index (χ0n) is 14.1. The van der Waals surface area contributed by atoms with Crippen molar-refractivity contribution in [2.24, 2.45) is 11.1 Å². The Hall–Kier alpha value is -2.43. The van der Waals surface area contributed by atoms with Crippen LogP contribution in [0.2, 0.25) is 0 Å². The van der Waals surface area contributed by atoms with Crippen LogP contribution in [-0.2, 0) is 17.8 Å². The summed E-state index contributed by atoms with van der Waals surface area (Å²) in [5, 5.41) is 3.99. The molecule has 0 aliphatic rings. The molecule has 0 aliphatic carbocycles. The molecule has 2 aromatic rings. The quantitative estimate of drug-likeness (QED) is 0.465. The van der Waals surface area contributed by atoms with E-state index in [2.05, 4.69) is 21.6 Å². The van der Waals surface area contributed by atoms with Gasteiger partial charge >= 0.3 is 5.97 Å². The van der Waals surface area contributed by atoms with Gasteiger partial charge in [-0.05, 0) is 38.0 Å². The number of rotatable bonds is 6. The smallest absolute Gasteiger partial charge is 0.335 e. The van der Waals surface area contributed by atoms with E-state index in [0.717, 1.165) is 24.5 Å². The Morgan fingerprint density at radius 1 is 1.35 bits per heavy atom. The van der Waals surface area contributed by atoms with Gasteiger partial charge in [0, 0.05) is 24.9 Å². The molecular weight excluding hydrogens is 290 g/mol. The van der Waals surface area contributed by atoms with Gasteiger partial charge in [-0.2, -0.15) is 0 Å². The Bertz CT molecular complexity index is 687. The Morgan fingerprint density at radius 2 is 2.04 bits per heavy atom. The molecule has 0 aliphatic heterocycles. The van der Waals surface area contributed by atoms with Crippen molar-refractivity contribution in [2.75, 3.05) is 0 Å². The molecule has 2 rings (SSSR count). The minimum absolute atomic E-state index is 0.151. The molecule has 122 valence electrons. The number of hydrogen-bond donors (Lipinski definition) is 0. The molecule has 1 aromatic heterocycles. The molecule has 0 saturated carbocycles. The Morgan fingerprint density at radius 3 is 2.61 bits per heavy atom. The second-order valence-electron chi connectivity index (χ2n) is 5.69. The molecule has 5 nitrogen and oxygen atoms in total. The lowest BCUT2D eigenvalue weighted by atomic mass is 10.1. The number of aryl methyl sites for hydroxylation is 2. The predicted molar refractivity (Wildman–Crippen MR) is 90.5 cm³/mol. The minimum atomic E-state index is -0.432. The molecule has 1 atom stereocenters. The van der Waals surface area contributed by atoms with Crippen LogP contribution in [0.25, 0.3) is 0 Å². The third-order valence-electron chi connectivity index (χ3n) is 3.98. The van der Waals surface area contributed by atoms with Gasteiger partial charge in [0.15, 0.2) is 0 Å². The van der Waals surface area contributed by atoms with E-state index in [-0.39, 0.29) is 5.92 Å². The van der Waals surface area contributed by atoms with E-state index in [1.54, 1.807) is 18.3 Å². The third-order valence-corrected chi connectivity index (χ3v) is 3.98. The summed E-state index contributed by atoms with van der Waals surface area (Å²) in [6.45, 7) is 8.69. The molecule has 0 radical (unpaired) electrons. The van der Waals surface area contributed by atoms with Crippen molar-refractivity contribution in [3.05, 3.63) is 53.6 Å². The molecule has 0 N–H and O–H groups in total. The maximum Gasteiger partial charge on any atom is 0.365 e. The summed E-state index contributed by atoms with van der Waals surface area (Å²) in [6.07, 6.45) is 4.65. The van der Waals surface area contributed by atoms with Crippen LogP contribution in [0.15, 0.2) is 41.8 Å². The zero-order chi connectivity index (χ0) is 16.8. The van der Waals surface area contributed by atoms with Crippen molar-refractivity contribution in [3.8, 4) is 0 Å². The number of oxime groups is 1. The van der Waals surface area contributed by atoms with Gasteiger partial charge in [0.2, 0.25) is 0 Å². The first kappa shape index (κ1) is 16.9. The number of carbonyl (C=O) groups is 1. The van der Waals surface area contributed by atoms with E-state index >= 15 is 0 Å². The van der Waals surface area contributed by atoms with E-state index in [1.165, 1.54) is 5.56 Å². The lowest BCUT2D eigenvalue weighted by molar-refractivity contribution is 0.0513. The second kappa shape index (κ2) is 7.72. The number of hydrogen-bond acceptors (Lipinski definition) is 4. The van der Waals surface area contributed by atoms with E-state index in [1.807, 2.05) is 39.1 Å². The topological polar surface area (TPSA) is 56.5 Å². The number of imidazole rings is 1. The molecular formula is C18H23N3O2. The standard InChI is InChI=1S/C18H23N3O2/c1-5-16-6-8-17(9-7-16)18(22)23-20-14(3)13(2)12-21-11-10-19-15(21)4/h6-11,13H,5,12H2,1-4H3/b20-14-. The lowest BCUT2D eigenvalue weighted by Crippen LogP contribution is -2.16. The van der Waals surface area contributed by atoms with E-state index in [9.17, 15) is 4.79 Å². The zero-order valence-corrected chi connectivity index (χ0v) is 14.1. The highest BCUT2D eigenvalue weighted by atomic mass is 16.7. The Labute approximate surface area is 137 Å². The number of carbonyl (C=O) groups excluding carboxylic acids is 1. The van der Waals surface area contributed by atoms with Crippen molar-refractivity contribution < 1.29 is 9.63 Å². The first-order valence-electron chi connectivity index (χ1n) is 7.83. The highest BCUT2D eigenvalue weighted by Crippen LogP contribution is 2.09. The highest BCUT2D eigenvalue weighted by molar-refractivity contribution is 5.90. The van der Waals surface area contributed by atoms with Gasteiger partial charge < -0.3 is 9.40 Å². The van der Waals surface area contributed by atoms with Crippen LogP contribution >= 0.6 is 0 Å². The maximum atomic E-state index is 12.0. The van der Waals surface area contributed by atoms with Crippen LogP contribution in [0.3, 0.4) is 0 Å². The molecule has 0 fully saturated rings. The predicted octanol–water partition coefficient (Wildman–Crippen LogP) is 3.62. The third kappa shape index (κ3) is 4.52. The SMILES string of the molecule is CCc1ccc(C(=O)O/N=C(/C)C(C)Cn2ccnc2C)cc1. The Balaban J connectivity index is 1.94. The van der Waals surface area contributed by atoms with Gasteiger partial charge in [0.25, 0.3) is 0 Å². The summed E-state index contributed by atoms with van der Waals surface area (Å²) >= 11 is 0. The largest absolute Gasteiger partial charge is 0.365 e. The van der Waals surface area contributed by atoms with Crippen LogP contribution in [0, 0.1) is 12.8 Å². The van der Waals surface area contributed by atoms with Crippen LogP contribution in [-0.4, -0.2) is 21.2 Å². The fraction of sp³-hybridized carbons (Fsp3) is 0.389. The molecule has 5 heteroatoms. The van der Waals surface area contributed by atoms with Crippen molar-refractivity contribution in [1.29, 1.82) is 0 Å². The summed E-state index contributed by atoms with van der Waals surface area (Å²) < 4.78 is 2.05. The maximum absolute atomic E-state index is 12.0. The normalized spacial score (nSPS) is 13.0. The summed E-state index contributed by atoms with van der Waals surface area (Å²) in [7, 11) is 0. The molecule has 0 saturated heterocycles. The van der Waals surface area contributed by atoms with Crippen molar-refractivity contribution in [3.63, 3.8) is 0 Å². The Kier molecular flexibility index (Phi) is 5.68. The van der Waals surface area contributed by atoms with E-state index in [4.69, 9.17) is 4.84 Å². The first-order chi connectivity index (χ1) is 11.0. The lowest BCUT2D eigenvalue weighted by Gasteiger charge is -2.12. The van der Waals surface area contributed by atoms with Crippen molar-refractivity contribution >= 4 is 11.7 Å². The van der Waals surface area contributed by atoms with E-state index < -0.39 is 5.97 Å². The van der Waals surface area contributed by atoms with Crippen LogP contribution in [0.1, 0.15) is 42.5 Å². The van der Waals surface area contributed by atoms with Crippen LogP contribution in [0.5, 0.6) is 0 Å². The molecule has 1 unspecified atom stereocenters. The average Bonchev–Trinajstić information content (AvgIpc) is 2.97. The summed E-state index contributed by atoms with van der Waals surface area (Å²) in [4.78, 5) is 21.3. The number of nitrogens with zero attached hydrogens (tertiary/aromatic N) is 3. The highest BCUT2D eigenvalue weighted by Gasteiger charge is 2.11. The van der Waals surface area contributed by atoms with E-state index in [0.29, 0.717) is 5.56 Å². The minimum Gasteiger partial charge on any atom is -0.335 e. The van der Waals surface area contributed by atoms with Crippen LogP contribution < -0.4 is 0 Å². The molecule has 0 spiro atoms. The molecule has 0 amide bonds. The van der Waals surface area contributed by atoms with Gasteiger partial charge in [0.05, 0.1) is 11.3 Å². The van der Waals surface area contributed by atoms with Gasteiger partial charge in [-0.3, -0.25) is 0 Å². The fourth-order valence-electron chi connectivity index (χ4n) is 2.16. The molecule has 1 aromatic carbocycles. The number of benzene rings is 1. The average molecular weight is 313 g/mol. The molecule has 0 bridgehead atoms. The van der Waals surface area contributed by atoms with Gasteiger partial charge in [0.1, 0.15) is 5.82 Å². The van der Waals surface area contributed by atoms with Crippen molar-refractivity contribution in [2.45, 2.75) is 40.7 Å². The first-order valence-corrected chi connectivity index (χ1v) is 7.83. The fourth-order valence-corrected chi connectivity index (χ4v) is 2.16. The van der Waals surface area contributed by atoms with Gasteiger partial charge in [-0.1, -0.05) is 31.1 Å². The summed E-state index contributed by atoms with van der Waals surface area (Å²) in [6, 6.07) is 7.39. The number of aromatic nitrogens is 2. The van der Waals surface area contributed by atoms with Crippen LogP contribution in [0.4, 0.5) is 0 Å². The molecule has 23 heavy (non-hydrogen) atoms. The summed E-state index contributed by atoms with van der Waals surface area (Å²) in [5.41, 5.74) is 2.47. The van der Waals surface area contributed by atoms with Gasteiger partial charge in [-0.25, -0.2) is 9.78 Å². The monoisotopic (exact) mass is 313 g/mol. The molecule has 1 heterocycles. The second-order valence-corrected chi connectivity index (χ2v) is 5.69. The van der Waals surface area contributed by atoms with Crippen molar-refractivity contribution in [1.82, 2.24) is 9.55 Å².